The zero-order valence-electron chi connectivity index (χ0n) is 11.5. The molecule has 0 amide bonds. The van der Waals surface area contributed by atoms with Gasteiger partial charge >= 0.3 is 5.97 Å². The molecule has 0 bridgehead atoms. The summed E-state index contributed by atoms with van der Waals surface area (Å²) in [6, 6.07) is 3.97. The van der Waals surface area contributed by atoms with E-state index < -0.39 is 0 Å². The molecule has 0 saturated carbocycles. The van der Waals surface area contributed by atoms with Gasteiger partial charge in [0.25, 0.3) is 0 Å². The summed E-state index contributed by atoms with van der Waals surface area (Å²) in [5.41, 5.74) is 2.25. The van der Waals surface area contributed by atoms with Crippen molar-refractivity contribution >= 4 is 17.3 Å². The van der Waals surface area contributed by atoms with Crippen LogP contribution in [0.4, 0.5) is 5.69 Å². The molecular weight excluding hydrogens is 256 g/mol. The van der Waals surface area contributed by atoms with E-state index in [1.807, 2.05) is 22.7 Å². The van der Waals surface area contributed by atoms with Crippen molar-refractivity contribution in [2.75, 3.05) is 37.7 Å². The summed E-state index contributed by atoms with van der Waals surface area (Å²) in [6.07, 6.45) is 3.73. The minimum atomic E-state index is -0.375. The van der Waals surface area contributed by atoms with Gasteiger partial charge in [0.1, 0.15) is 5.65 Å². The number of nitrogens with zero attached hydrogens (tertiary/aromatic N) is 3. The van der Waals surface area contributed by atoms with Crippen molar-refractivity contribution in [3.05, 3.63) is 30.2 Å². The first-order chi connectivity index (χ1) is 9.78. The molecule has 0 aromatic carbocycles. The Morgan fingerprint density at radius 3 is 2.90 bits per heavy atom. The third-order valence-electron chi connectivity index (χ3n) is 3.40. The van der Waals surface area contributed by atoms with Gasteiger partial charge in [-0.2, -0.15) is 0 Å². The Morgan fingerprint density at radius 2 is 2.15 bits per heavy atom. The molecule has 1 fully saturated rings. The average Bonchev–Trinajstić information content (AvgIpc) is 2.91. The zero-order chi connectivity index (χ0) is 13.9. The van der Waals surface area contributed by atoms with Crippen LogP contribution in [0.5, 0.6) is 0 Å². The number of anilines is 1. The Morgan fingerprint density at radius 1 is 1.35 bits per heavy atom. The molecular formula is C14H18N4O2. The van der Waals surface area contributed by atoms with E-state index in [1.165, 1.54) is 0 Å². The topological polar surface area (TPSA) is 58.9 Å². The number of piperazine rings is 1. The lowest BCUT2D eigenvalue weighted by Gasteiger charge is -2.29. The molecule has 3 heterocycles. The third-order valence-corrected chi connectivity index (χ3v) is 3.40. The van der Waals surface area contributed by atoms with Gasteiger partial charge in [-0.05, 0) is 19.1 Å². The van der Waals surface area contributed by atoms with Crippen LogP contribution >= 0.6 is 0 Å². The standard InChI is InChI=1S/C14H18N4O2/c1-2-20-14(19)12-10-18-9-11(3-4-13(18)16-12)17-7-5-15-6-8-17/h3-4,9-10,15H,2,5-8H2,1H3. The van der Waals surface area contributed by atoms with Gasteiger partial charge in [0.15, 0.2) is 5.69 Å². The Hall–Kier alpha value is -2.08. The monoisotopic (exact) mass is 274 g/mol. The summed E-state index contributed by atoms with van der Waals surface area (Å²) in [4.78, 5) is 18.3. The van der Waals surface area contributed by atoms with E-state index in [0.29, 0.717) is 12.3 Å². The third kappa shape index (κ3) is 2.46. The smallest absolute Gasteiger partial charge is 0.358 e. The van der Waals surface area contributed by atoms with Gasteiger partial charge in [0, 0.05) is 38.6 Å². The Bertz CT molecular complexity index is 617. The van der Waals surface area contributed by atoms with E-state index in [0.717, 1.165) is 37.5 Å². The van der Waals surface area contributed by atoms with Gasteiger partial charge in [0.2, 0.25) is 0 Å². The highest BCUT2D eigenvalue weighted by molar-refractivity contribution is 5.88. The average molecular weight is 274 g/mol. The van der Waals surface area contributed by atoms with E-state index in [-0.39, 0.29) is 5.97 Å². The molecule has 0 aliphatic carbocycles. The largest absolute Gasteiger partial charge is 0.461 e. The number of carbonyl (C=O) groups is 1. The number of hydrogen-bond acceptors (Lipinski definition) is 5. The van der Waals surface area contributed by atoms with E-state index in [1.54, 1.807) is 13.1 Å². The van der Waals surface area contributed by atoms with Crippen LogP contribution < -0.4 is 10.2 Å². The highest BCUT2D eigenvalue weighted by atomic mass is 16.5. The summed E-state index contributed by atoms with van der Waals surface area (Å²) in [5, 5.41) is 3.33. The number of aromatic nitrogens is 2. The Labute approximate surface area is 117 Å². The molecule has 106 valence electrons. The van der Waals surface area contributed by atoms with Crippen molar-refractivity contribution in [1.29, 1.82) is 0 Å². The van der Waals surface area contributed by atoms with Gasteiger partial charge in [-0.25, -0.2) is 9.78 Å². The number of rotatable bonds is 3. The molecule has 0 spiro atoms. The fourth-order valence-corrected chi connectivity index (χ4v) is 2.39. The molecule has 1 saturated heterocycles. The molecule has 2 aromatic heterocycles. The lowest BCUT2D eigenvalue weighted by Crippen LogP contribution is -2.43. The molecule has 0 unspecified atom stereocenters. The molecule has 1 aliphatic rings. The molecule has 2 aromatic rings. The van der Waals surface area contributed by atoms with Gasteiger partial charge in [0.05, 0.1) is 12.3 Å². The number of hydrogen-bond donors (Lipinski definition) is 1. The molecule has 1 N–H and O–H groups in total. The maximum Gasteiger partial charge on any atom is 0.358 e. The van der Waals surface area contributed by atoms with Crippen molar-refractivity contribution in [2.24, 2.45) is 0 Å². The summed E-state index contributed by atoms with van der Waals surface area (Å²) >= 11 is 0. The van der Waals surface area contributed by atoms with Gasteiger partial charge < -0.3 is 19.4 Å². The van der Waals surface area contributed by atoms with E-state index in [2.05, 4.69) is 15.2 Å². The maximum absolute atomic E-state index is 11.7. The van der Waals surface area contributed by atoms with Crippen LogP contribution in [0, 0.1) is 0 Å². The Balaban J connectivity index is 1.88. The normalized spacial score (nSPS) is 15.6. The summed E-state index contributed by atoms with van der Waals surface area (Å²) in [5.74, 6) is -0.375. The SMILES string of the molecule is CCOC(=O)c1cn2cc(N3CCNCC3)ccc2n1. The lowest BCUT2D eigenvalue weighted by molar-refractivity contribution is 0.0520. The quantitative estimate of drug-likeness (QED) is 0.843. The summed E-state index contributed by atoms with van der Waals surface area (Å²) in [6.45, 7) is 6.12. The predicted octanol–water partition coefficient (Wildman–Crippen LogP) is 0.921. The first-order valence-corrected chi connectivity index (χ1v) is 6.89. The van der Waals surface area contributed by atoms with Crippen molar-refractivity contribution in [3.8, 4) is 0 Å². The van der Waals surface area contributed by atoms with Crippen LogP contribution in [0.1, 0.15) is 17.4 Å². The van der Waals surface area contributed by atoms with Gasteiger partial charge in [-0.1, -0.05) is 0 Å². The lowest BCUT2D eigenvalue weighted by atomic mass is 10.3. The van der Waals surface area contributed by atoms with Crippen molar-refractivity contribution < 1.29 is 9.53 Å². The van der Waals surface area contributed by atoms with Crippen molar-refractivity contribution in [2.45, 2.75) is 6.92 Å². The van der Waals surface area contributed by atoms with E-state index in [4.69, 9.17) is 4.74 Å². The van der Waals surface area contributed by atoms with Crippen LogP contribution in [0.25, 0.3) is 5.65 Å². The fraction of sp³-hybridized carbons (Fsp3) is 0.429. The van der Waals surface area contributed by atoms with Crippen molar-refractivity contribution in [1.82, 2.24) is 14.7 Å². The van der Waals surface area contributed by atoms with Crippen LogP contribution in [-0.4, -0.2) is 48.1 Å². The number of pyridine rings is 1. The number of fused-ring (bicyclic) bond motifs is 1. The number of imidazole rings is 1. The molecule has 3 rings (SSSR count). The maximum atomic E-state index is 11.7. The van der Waals surface area contributed by atoms with Crippen LogP contribution in [0.3, 0.4) is 0 Å². The predicted molar refractivity (Wildman–Crippen MR) is 76.2 cm³/mol. The second kappa shape index (κ2) is 5.50. The number of nitrogens with one attached hydrogen (secondary N) is 1. The molecule has 6 nitrogen and oxygen atoms in total. The number of ether oxygens (including phenoxy) is 1. The molecule has 20 heavy (non-hydrogen) atoms. The first kappa shape index (κ1) is 12.9. The first-order valence-electron chi connectivity index (χ1n) is 6.89. The second-order valence-electron chi connectivity index (χ2n) is 4.74. The molecule has 1 aliphatic heterocycles. The van der Waals surface area contributed by atoms with Crippen LogP contribution in [0.15, 0.2) is 24.5 Å². The number of esters is 1. The Kier molecular flexibility index (Phi) is 3.56. The van der Waals surface area contributed by atoms with E-state index in [9.17, 15) is 4.79 Å². The highest BCUT2D eigenvalue weighted by Crippen LogP contribution is 2.17. The zero-order valence-corrected chi connectivity index (χ0v) is 11.5. The van der Waals surface area contributed by atoms with Crippen LogP contribution in [-0.2, 0) is 4.74 Å². The summed E-state index contributed by atoms with van der Waals surface area (Å²) < 4.78 is 6.85. The fourth-order valence-electron chi connectivity index (χ4n) is 2.39. The number of carbonyl (C=O) groups excluding carboxylic acids is 1. The highest BCUT2D eigenvalue weighted by Gasteiger charge is 2.14. The van der Waals surface area contributed by atoms with Crippen LogP contribution in [0.2, 0.25) is 0 Å². The van der Waals surface area contributed by atoms with Gasteiger partial charge in [-0.3, -0.25) is 0 Å². The minimum absolute atomic E-state index is 0.351. The summed E-state index contributed by atoms with van der Waals surface area (Å²) in [7, 11) is 0. The molecule has 0 radical (unpaired) electrons. The molecule has 6 heteroatoms. The second-order valence-corrected chi connectivity index (χ2v) is 4.74. The van der Waals surface area contributed by atoms with Crippen molar-refractivity contribution in [3.63, 3.8) is 0 Å². The van der Waals surface area contributed by atoms with E-state index >= 15 is 0 Å². The molecule has 0 atom stereocenters. The van der Waals surface area contributed by atoms with Gasteiger partial charge in [-0.15, -0.1) is 0 Å². The minimum Gasteiger partial charge on any atom is -0.461 e.